The van der Waals surface area contributed by atoms with Gasteiger partial charge in [-0.2, -0.15) is 9.97 Å². The highest BCUT2D eigenvalue weighted by atomic mass is 32.1. The maximum atomic E-state index is 5.28. The molecule has 0 radical (unpaired) electrons. The molecule has 8 nitrogen and oxygen atoms in total. The number of benzene rings is 7. The molecule has 0 fully saturated rings. The van der Waals surface area contributed by atoms with Crippen molar-refractivity contribution in [2.24, 2.45) is 0 Å². The summed E-state index contributed by atoms with van der Waals surface area (Å²) in [6, 6.07) is 78.9. The van der Waals surface area contributed by atoms with Crippen LogP contribution in [0.25, 0.3) is 114 Å². The van der Waals surface area contributed by atoms with Crippen molar-refractivity contribution >= 4 is 71.1 Å². The van der Waals surface area contributed by atoms with E-state index in [2.05, 4.69) is 185 Å². The van der Waals surface area contributed by atoms with Crippen molar-refractivity contribution in [2.75, 3.05) is 4.90 Å². The van der Waals surface area contributed by atoms with Crippen LogP contribution < -0.4 is 4.90 Å². The molecule has 0 bridgehead atoms. The molecule has 14 aromatic rings. The molecule has 7 heterocycles. The zero-order chi connectivity index (χ0) is 52.6. The highest BCUT2D eigenvalue weighted by molar-refractivity contribution is 7.31. The summed E-state index contributed by atoms with van der Waals surface area (Å²) in [4.78, 5) is 34.7. The predicted octanol–water partition coefficient (Wildman–Crippen LogP) is 18.2. The molecule has 15 rings (SSSR count). The van der Waals surface area contributed by atoms with E-state index >= 15 is 0 Å². The largest absolute Gasteiger partial charge is 0.295 e. The van der Waals surface area contributed by atoms with Gasteiger partial charge in [0, 0.05) is 93.1 Å². The van der Waals surface area contributed by atoms with Gasteiger partial charge in [-0.15, -0.1) is 22.7 Å². The summed E-state index contributed by atoms with van der Waals surface area (Å²) in [5.41, 5.74) is 17.0. The number of pyridine rings is 3. The van der Waals surface area contributed by atoms with Gasteiger partial charge in [-0.05, 0) is 125 Å². The lowest BCUT2D eigenvalue weighted by Gasteiger charge is -2.25. The Kier molecular flexibility index (Phi) is 11.1. The SMILES string of the molecule is CC1(C)c2ccccc2-c2cc3c4cc(-c5cc6sc(-c7ccc(N(c8cccc(-c9ccccn9)c8)c8cccc(-c9ccccn9)c8)nc7)cc6s5)ccc4n(-c4nc(-c5ccccc5)nc(-c5ccccc5)n4)c3cc21. The lowest BCUT2D eigenvalue weighted by Crippen LogP contribution is -2.15. The number of rotatable bonds is 10. The summed E-state index contributed by atoms with van der Waals surface area (Å²) in [6.07, 6.45) is 5.67. The zero-order valence-electron chi connectivity index (χ0n) is 43.0. The van der Waals surface area contributed by atoms with Crippen molar-refractivity contribution < 1.29 is 0 Å². The van der Waals surface area contributed by atoms with Gasteiger partial charge in [0.15, 0.2) is 11.6 Å². The maximum absolute atomic E-state index is 5.28. The molecule has 374 valence electrons. The summed E-state index contributed by atoms with van der Waals surface area (Å²) in [7, 11) is 0. The molecular weight excluding hydrogens is 1000 g/mol. The van der Waals surface area contributed by atoms with Crippen LogP contribution in [-0.2, 0) is 5.41 Å². The first-order valence-electron chi connectivity index (χ1n) is 26.3. The number of thiophene rings is 2. The Morgan fingerprint density at radius 3 is 1.58 bits per heavy atom. The molecule has 0 amide bonds. The Hall–Kier alpha value is -9.74. The fraction of sp³-hybridized carbons (Fsp3) is 0.0435. The van der Waals surface area contributed by atoms with Crippen LogP contribution in [0.5, 0.6) is 0 Å². The third-order valence-electron chi connectivity index (χ3n) is 15.2. The Morgan fingerprint density at radius 1 is 0.405 bits per heavy atom. The number of aromatic nitrogens is 7. The lowest BCUT2D eigenvalue weighted by atomic mass is 9.82. The van der Waals surface area contributed by atoms with E-state index in [0.717, 1.165) is 78.2 Å². The van der Waals surface area contributed by atoms with E-state index < -0.39 is 0 Å². The normalized spacial score (nSPS) is 12.5. The molecular formula is C69H46N8S2. The second-order valence-corrected chi connectivity index (χ2v) is 22.6. The Morgan fingerprint density at radius 2 is 0.975 bits per heavy atom. The molecule has 0 atom stereocenters. The van der Waals surface area contributed by atoms with Crippen LogP contribution >= 0.6 is 22.7 Å². The number of hydrogen-bond donors (Lipinski definition) is 0. The molecule has 7 aromatic heterocycles. The minimum absolute atomic E-state index is 0.197. The van der Waals surface area contributed by atoms with E-state index in [1.54, 1.807) is 11.3 Å². The molecule has 1 aliphatic carbocycles. The molecule has 10 heteroatoms. The third-order valence-corrected chi connectivity index (χ3v) is 17.6. The summed E-state index contributed by atoms with van der Waals surface area (Å²) in [5, 5.41) is 2.30. The van der Waals surface area contributed by atoms with Crippen molar-refractivity contribution in [1.82, 2.24) is 34.5 Å². The molecule has 0 unspecified atom stereocenters. The van der Waals surface area contributed by atoms with Gasteiger partial charge in [0.2, 0.25) is 5.95 Å². The Balaban J connectivity index is 0.815. The summed E-state index contributed by atoms with van der Waals surface area (Å²) in [5.74, 6) is 2.64. The van der Waals surface area contributed by atoms with Crippen LogP contribution in [0.3, 0.4) is 0 Å². The van der Waals surface area contributed by atoms with E-state index in [1.807, 2.05) is 103 Å². The van der Waals surface area contributed by atoms with Crippen molar-refractivity contribution in [3.63, 3.8) is 0 Å². The Labute approximate surface area is 464 Å². The van der Waals surface area contributed by atoms with Crippen molar-refractivity contribution in [3.8, 4) is 83.2 Å². The average molecular weight is 1050 g/mol. The fourth-order valence-electron chi connectivity index (χ4n) is 11.4. The monoisotopic (exact) mass is 1050 g/mol. The first kappa shape index (κ1) is 46.6. The molecule has 0 aliphatic heterocycles. The zero-order valence-corrected chi connectivity index (χ0v) is 44.6. The second-order valence-electron chi connectivity index (χ2n) is 20.4. The van der Waals surface area contributed by atoms with Gasteiger partial charge in [0.05, 0.1) is 22.4 Å². The van der Waals surface area contributed by atoms with Crippen molar-refractivity contribution in [1.29, 1.82) is 0 Å². The van der Waals surface area contributed by atoms with Crippen LogP contribution in [0, 0.1) is 0 Å². The highest BCUT2D eigenvalue weighted by Gasteiger charge is 2.36. The van der Waals surface area contributed by atoms with Gasteiger partial charge in [-0.25, -0.2) is 9.97 Å². The number of hydrogen-bond acceptors (Lipinski definition) is 9. The predicted molar refractivity (Wildman–Crippen MR) is 326 cm³/mol. The van der Waals surface area contributed by atoms with Crippen LogP contribution in [0.15, 0.2) is 243 Å². The molecule has 0 saturated carbocycles. The van der Waals surface area contributed by atoms with E-state index in [1.165, 1.54) is 47.0 Å². The van der Waals surface area contributed by atoms with Gasteiger partial charge in [0.25, 0.3) is 0 Å². The van der Waals surface area contributed by atoms with Gasteiger partial charge in [0.1, 0.15) is 5.82 Å². The summed E-state index contributed by atoms with van der Waals surface area (Å²) < 4.78 is 4.74. The van der Waals surface area contributed by atoms with Crippen LogP contribution in [-0.4, -0.2) is 34.5 Å². The number of anilines is 3. The molecule has 0 saturated heterocycles. The smallest absolute Gasteiger partial charge is 0.238 e. The second kappa shape index (κ2) is 18.8. The van der Waals surface area contributed by atoms with Crippen LogP contribution in [0.1, 0.15) is 25.0 Å². The Bertz CT molecular complexity index is 4450. The lowest BCUT2D eigenvalue weighted by molar-refractivity contribution is 0.661. The summed E-state index contributed by atoms with van der Waals surface area (Å²) >= 11 is 3.63. The van der Waals surface area contributed by atoms with Crippen LogP contribution in [0.4, 0.5) is 17.2 Å². The van der Waals surface area contributed by atoms with Gasteiger partial charge in [-0.3, -0.25) is 19.4 Å². The van der Waals surface area contributed by atoms with Gasteiger partial charge < -0.3 is 0 Å². The first-order valence-corrected chi connectivity index (χ1v) is 27.9. The van der Waals surface area contributed by atoms with E-state index in [-0.39, 0.29) is 5.41 Å². The molecule has 0 spiro atoms. The fourth-order valence-corrected chi connectivity index (χ4v) is 13.7. The molecule has 1 aliphatic rings. The van der Waals surface area contributed by atoms with E-state index in [0.29, 0.717) is 17.6 Å². The summed E-state index contributed by atoms with van der Waals surface area (Å²) in [6.45, 7) is 4.67. The van der Waals surface area contributed by atoms with Gasteiger partial charge >= 0.3 is 0 Å². The average Bonchev–Trinajstić information content (AvgIpc) is 4.42. The van der Waals surface area contributed by atoms with E-state index in [9.17, 15) is 0 Å². The number of nitrogens with zero attached hydrogens (tertiary/aromatic N) is 8. The quantitative estimate of drug-likeness (QED) is 0.135. The van der Waals surface area contributed by atoms with Crippen molar-refractivity contribution in [3.05, 3.63) is 254 Å². The highest BCUT2D eigenvalue weighted by Crippen LogP contribution is 2.52. The van der Waals surface area contributed by atoms with E-state index in [4.69, 9.17) is 19.9 Å². The number of fused-ring (bicyclic) bond motifs is 7. The molecule has 7 aromatic carbocycles. The van der Waals surface area contributed by atoms with Crippen molar-refractivity contribution in [2.45, 2.75) is 19.3 Å². The minimum Gasteiger partial charge on any atom is -0.295 e. The third kappa shape index (κ3) is 8.11. The topological polar surface area (TPSA) is 85.5 Å². The van der Waals surface area contributed by atoms with Gasteiger partial charge in [-0.1, -0.05) is 141 Å². The minimum atomic E-state index is -0.197. The standard InChI is InChI=1S/C69H46N8S2/c1-69(2)55-26-10-9-25-51(55)52-38-54-53-37-47(29-31-59(53)77(60(54)39-56(52)69)68-74-66(43-17-5-3-6-18-43)73-67(75-68)44-19-7-4-8-20-44)61-40-63-64(78-61)41-62(79-63)48-30-32-65(72-42-48)76(49-23-15-21-45(35-49)57-27-11-13-33-70-57)50-24-16-22-46(36-50)58-28-12-14-34-71-58/h3-42H,1-2H3. The molecule has 0 N–H and O–H groups in total. The first-order chi connectivity index (χ1) is 38.9. The molecule has 79 heavy (non-hydrogen) atoms. The maximum Gasteiger partial charge on any atom is 0.238 e. The van der Waals surface area contributed by atoms with Crippen LogP contribution in [0.2, 0.25) is 0 Å².